The van der Waals surface area contributed by atoms with E-state index < -0.39 is 0 Å². The number of hydrogen-bond donors (Lipinski definition) is 0. The predicted molar refractivity (Wildman–Crippen MR) is 112 cm³/mol. The summed E-state index contributed by atoms with van der Waals surface area (Å²) in [6, 6.07) is 15.4. The molecule has 1 heterocycles. The maximum Gasteiger partial charge on any atom is 0.254 e. The minimum absolute atomic E-state index is 0.171. The van der Waals surface area contributed by atoms with Crippen LogP contribution < -0.4 is 4.74 Å². The molecule has 5 rings (SSSR count). The molecule has 0 aromatic heterocycles. The summed E-state index contributed by atoms with van der Waals surface area (Å²) in [5.41, 5.74) is 1.84. The fourth-order valence-corrected chi connectivity index (χ4v) is 4.82. The smallest absolute Gasteiger partial charge is 0.254 e. The molecule has 2 aromatic carbocycles. The Balaban J connectivity index is 1.27. The zero-order chi connectivity index (χ0) is 20.0. The van der Waals surface area contributed by atoms with Crippen LogP contribution in [-0.4, -0.2) is 23.0 Å². The molecule has 2 aromatic rings. The zero-order valence-corrected chi connectivity index (χ0v) is 17.2. The number of carbonyl (C=O) groups is 2. The lowest BCUT2D eigenvalue weighted by molar-refractivity contribution is -0.140. The Bertz CT molecular complexity index is 1000. The van der Waals surface area contributed by atoms with Crippen LogP contribution in [0.1, 0.15) is 17.5 Å². The number of hydrazone groups is 1. The molecule has 0 unspecified atom stereocenters. The van der Waals surface area contributed by atoms with Gasteiger partial charge in [-0.05, 0) is 53.6 Å². The SMILES string of the molecule is O=C1[C@H]2[C@H](C(=O)N1/N=C\c1cccc(OCc3ccc(Br)cc3)c1)[C@H]1C=C[C@H]2C1. The summed E-state index contributed by atoms with van der Waals surface area (Å²) in [7, 11) is 0. The standard InChI is InChI=1S/C23H19BrN2O3/c24-18-8-4-14(5-9-18)13-29-19-3-1-2-15(10-19)12-25-26-22(27)20-16-6-7-17(11-16)21(20)23(26)28/h1-10,12,16-17,20-21H,11,13H2/b25-12-/t16-,17-,20+,21+/m0/s1. The minimum atomic E-state index is -0.227. The van der Waals surface area contributed by atoms with Crippen LogP contribution in [0.5, 0.6) is 5.75 Å². The molecule has 6 heteroatoms. The molecular weight excluding hydrogens is 432 g/mol. The van der Waals surface area contributed by atoms with Crippen molar-refractivity contribution in [3.8, 4) is 5.75 Å². The van der Waals surface area contributed by atoms with Crippen LogP contribution in [0, 0.1) is 23.7 Å². The molecule has 0 spiro atoms. The number of amides is 2. The number of allylic oxidation sites excluding steroid dienone is 2. The quantitative estimate of drug-likeness (QED) is 0.390. The lowest BCUT2D eigenvalue weighted by Gasteiger charge is -2.13. The van der Waals surface area contributed by atoms with Crippen molar-refractivity contribution in [1.29, 1.82) is 0 Å². The highest BCUT2D eigenvalue weighted by Gasteiger charge is 2.59. The summed E-state index contributed by atoms with van der Waals surface area (Å²) in [6.07, 6.45) is 6.63. The van der Waals surface area contributed by atoms with Gasteiger partial charge in [-0.3, -0.25) is 9.59 Å². The fourth-order valence-electron chi connectivity index (χ4n) is 4.56. The van der Waals surface area contributed by atoms with Gasteiger partial charge < -0.3 is 4.74 Å². The van der Waals surface area contributed by atoms with Crippen LogP contribution in [0.4, 0.5) is 0 Å². The number of nitrogens with zero attached hydrogens (tertiary/aromatic N) is 2. The van der Waals surface area contributed by atoms with Gasteiger partial charge in [-0.25, -0.2) is 0 Å². The number of ether oxygens (including phenoxy) is 1. The van der Waals surface area contributed by atoms with E-state index in [2.05, 4.69) is 33.2 Å². The predicted octanol–water partition coefficient (Wildman–Crippen LogP) is 4.17. The van der Waals surface area contributed by atoms with E-state index in [1.165, 1.54) is 0 Å². The summed E-state index contributed by atoms with van der Waals surface area (Å²) >= 11 is 3.42. The van der Waals surface area contributed by atoms with E-state index in [1.54, 1.807) is 6.21 Å². The van der Waals surface area contributed by atoms with E-state index in [9.17, 15) is 9.59 Å². The van der Waals surface area contributed by atoms with E-state index >= 15 is 0 Å². The first-order valence-electron chi connectivity index (χ1n) is 9.67. The van der Waals surface area contributed by atoms with Crippen molar-refractivity contribution in [3.05, 3.63) is 76.3 Å². The van der Waals surface area contributed by atoms with Gasteiger partial charge >= 0.3 is 0 Å². The highest BCUT2D eigenvalue weighted by Crippen LogP contribution is 2.52. The third-order valence-electron chi connectivity index (χ3n) is 5.95. The van der Waals surface area contributed by atoms with Crippen molar-refractivity contribution in [3.63, 3.8) is 0 Å². The zero-order valence-electron chi connectivity index (χ0n) is 15.6. The highest BCUT2D eigenvalue weighted by molar-refractivity contribution is 9.10. The van der Waals surface area contributed by atoms with Crippen molar-refractivity contribution < 1.29 is 14.3 Å². The number of halogens is 1. The fraction of sp³-hybridized carbons (Fsp3) is 0.261. The van der Waals surface area contributed by atoms with Crippen LogP contribution in [0.2, 0.25) is 0 Å². The largest absolute Gasteiger partial charge is 0.489 e. The van der Waals surface area contributed by atoms with Gasteiger partial charge in [0.25, 0.3) is 11.8 Å². The monoisotopic (exact) mass is 450 g/mol. The summed E-state index contributed by atoms with van der Waals surface area (Å²) < 4.78 is 6.88. The van der Waals surface area contributed by atoms with Crippen LogP contribution >= 0.6 is 15.9 Å². The van der Waals surface area contributed by atoms with Gasteiger partial charge in [0.1, 0.15) is 12.4 Å². The van der Waals surface area contributed by atoms with Crippen molar-refractivity contribution in [2.45, 2.75) is 13.0 Å². The van der Waals surface area contributed by atoms with Crippen molar-refractivity contribution >= 4 is 34.0 Å². The first-order chi connectivity index (χ1) is 14.1. The molecule has 0 radical (unpaired) electrons. The Kier molecular flexibility index (Phi) is 4.59. The number of imide groups is 1. The third kappa shape index (κ3) is 3.31. The van der Waals surface area contributed by atoms with Gasteiger partial charge in [0.15, 0.2) is 0 Å². The van der Waals surface area contributed by atoms with Gasteiger partial charge in [0.2, 0.25) is 0 Å². The molecule has 2 aliphatic carbocycles. The molecule has 5 nitrogen and oxygen atoms in total. The average molecular weight is 451 g/mol. The second-order valence-electron chi connectivity index (χ2n) is 7.72. The van der Waals surface area contributed by atoms with E-state index in [4.69, 9.17) is 4.74 Å². The van der Waals surface area contributed by atoms with Crippen LogP contribution in [0.15, 0.2) is 70.3 Å². The summed E-state index contributed by atoms with van der Waals surface area (Å²) in [5.74, 6) is 0.293. The Morgan fingerprint density at radius 1 is 1.03 bits per heavy atom. The van der Waals surface area contributed by atoms with Crippen molar-refractivity contribution in [2.75, 3.05) is 0 Å². The van der Waals surface area contributed by atoms with Gasteiger partial charge in [-0.1, -0.05) is 52.3 Å². The molecule has 29 heavy (non-hydrogen) atoms. The molecule has 2 amide bonds. The van der Waals surface area contributed by atoms with Gasteiger partial charge in [0, 0.05) is 4.47 Å². The van der Waals surface area contributed by atoms with Crippen LogP contribution in [0.3, 0.4) is 0 Å². The Hall–Kier alpha value is -2.73. The second-order valence-corrected chi connectivity index (χ2v) is 8.64. The summed E-state index contributed by atoms with van der Waals surface area (Å²) in [5, 5.41) is 5.29. The Morgan fingerprint density at radius 2 is 1.72 bits per heavy atom. The number of benzene rings is 2. The molecule has 1 saturated heterocycles. The Labute approximate surface area is 177 Å². The number of fused-ring (bicyclic) bond motifs is 5. The van der Waals surface area contributed by atoms with Gasteiger partial charge in [-0.2, -0.15) is 10.1 Å². The molecule has 146 valence electrons. The summed E-state index contributed by atoms with van der Waals surface area (Å²) in [6.45, 7) is 0.454. The van der Waals surface area contributed by atoms with Crippen LogP contribution in [-0.2, 0) is 16.2 Å². The topological polar surface area (TPSA) is 59.0 Å². The molecule has 4 atom stereocenters. The van der Waals surface area contributed by atoms with Gasteiger partial charge in [-0.15, -0.1) is 0 Å². The Morgan fingerprint density at radius 3 is 2.41 bits per heavy atom. The molecule has 1 aliphatic heterocycles. The lowest BCUT2D eigenvalue weighted by atomic mass is 9.85. The highest BCUT2D eigenvalue weighted by atomic mass is 79.9. The molecule has 3 aliphatic rings. The average Bonchev–Trinajstić information content (AvgIpc) is 3.41. The van der Waals surface area contributed by atoms with Crippen molar-refractivity contribution in [1.82, 2.24) is 5.01 Å². The molecule has 2 bridgehead atoms. The molecule has 2 fully saturated rings. The molecule has 1 saturated carbocycles. The maximum absolute atomic E-state index is 12.7. The molecule has 0 N–H and O–H groups in total. The second kappa shape index (κ2) is 7.26. The first kappa shape index (κ1) is 18.3. The summed E-state index contributed by atoms with van der Waals surface area (Å²) in [4.78, 5) is 25.4. The lowest BCUT2D eigenvalue weighted by Crippen LogP contribution is -2.28. The normalized spacial score (nSPS) is 27.3. The van der Waals surface area contributed by atoms with Crippen LogP contribution in [0.25, 0.3) is 0 Å². The third-order valence-corrected chi connectivity index (χ3v) is 6.47. The van der Waals surface area contributed by atoms with Crippen molar-refractivity contribution in [2.24, 2.45) is 28.8 Å². The number of hydrogen-bond acceptors (Lipinski definition) is 4. The minimum Gasteiger partial charge on any atom is -0.489 e. The van der Waals surface area contributed by atoms with E-state index in [0.717, 1.165) is 27.0 Å². The van der Waals surface area contributed by atoms with E-state index in [1.807, 2.05) is 48.5 Å². The van der Waals surface area contributed by atoms with E-state index in [0.29, 0.717) is 12.4 Å². The number of carbonyl (C=O) groups excluding carboxylic acids is 2. The first-order valence-corrected chi connectivity index (χ1v) is 10.5. The number of rotatable bonds is 5. The van der Waals surface area contributed by atoms with E-state index in [-0.39, 0.29) is 35.5 Å². The maximum atomic E-state index is 12.7. The van der Waals surface area contributed by atoms with Gasteiger partial charge in [0.05, 0.1) is 18.1 Å². The molecular formula is C23H19BrN2O3.